The van der Waals surface area contributed by atoms with Gasteiger partial charge in [0.1, 0.15) is 24.7 Å². The van der Waals surface area contributed by atoms with E-state index in [1.165, 1.54) is 16.2 Å². The van der Waals surface area contributed by atoms with Crippen molar-refractivity contribution in [2.24, 2.45) is 0 Å². The lowest BCUT2D eigenvalue weighted by Gasteiger charge is -2.24. The molecule has 11 heteroatoms. The summed E-state index contributed by atoms with van der Waals surface area (Å²) in [5.74, 6) is 0.697. The highest BCUT2D eigenvalue weighted by molar-refractivity contribution is 7.22. The lowest BCUT2D eigenvalue weighted by atomic mass is 9.95. The predicted octanol–water partition coefficient (Wildman–Crippen LogP) is 6.67. The van der Waals surface area contributed by atoms with Gasteiger partial charge in [-0.3, -0.25) is 14.5 Å². The van der Waals surface area contributed by atoms with Crippen molar-refractivity contribution in [1.29, 1.82) is 0 Å². The van der Waals surface area contributed by atoms with E-state index in [-0.39, 0.29) is 11.3 Å². The van der Waals surface area contributed by atoms with Crippen LogP contribution in [0, 0.1) is 0 Å². The predicted molar refractivity (Wildman–Crippen MR) is 171 cm³/mol. The number of ether oxygens (including phenoxy) is 5. The minimum Gasteiger partial charge on any atom is -0.507 e. The van der Waals surface area contributed by atoms with E-state index >= 15 is 0 Å². The number of hydrogen-bond acceptors (Lipinski definition) is 10. The van der Waals surface area contributed by atoms with Gasteiger partial charge in [-0.25, -0.2) is 4.98 Å². The number of carbonyl (C=O) groups excluding carboxylic acids is 2. The van der Waals surface area contributed by atoms with Gasteiger partial charge in [0, 0.05) is 5.56 Å². The molecule has 1 saturated heterocycles. The number of benzene rings is 3. The molecule has 6 rings (SSSR count). The van der Waals surface area contributed by atoms with Crippen LogP contribution in [-0.2, 0) is 9.59 Å². The van der Waals surface area contributed by atoms with Crippen LogP contribution in [0.5, 0.6) is 28.7 Å². The zero-order valence-electron chi connectivity index (χ0n) is 25.3. The summed E-state index contributed by atoms with van der Waals surface area (Å²) in [6, 6.07) is 14.6. The molecule has 10 nitrogen and oxygen atoms in total. The van der Waals surface area contributed by atoms with Crippen LogP contribution in [0.25, 0.3) is 16.0 Å². The second-order valence-corrected chi connectivity index (χ2v) is 11.6. The van der Waals surface area contributed by atoms with E-state index in [0.29, 0.717) is 77.0 Å². The minimum atomic E-state index is -1.01. The van der Waals surface area contributed by atoms with Crippen LogP contribution < -0.4 is 28.6 Å². The Balaban J connectivity index is 1.49. The Bertz CT molecular complexity index is 1780. The zero-order valence-corrected chi connectivity index (χ0v) is 26.1. The van der Waals surface area contributed by atoms with E-state index in [1.807, 2.05) is 13.0 Å². The molecule has 2 aliphatic rings. The van der Waals surface area contributed by atoms with E-state index in [0.717, 1.165) is 24.0 Å². The van der Waals surface area contributed by atoms with Crippen LogP contribution >= 0.6 is 11.3 Å². The molecular weight excluding hydrogens is 596 g/mol. The molecular formula is C34H34N2O8S. The van der Waals surface area contributed by atoms with Crippen molar-refractivity contribution < 1.29 is 38.4 Å². The number of ketones is 1. The maximum Gasteiger partial charge on any atom is 0.301 e. The molecule has 234 valence electrons. The Kier molecular flexibility index (Phi) is 8.79. The van der Waals surface area contributed by atoms with Gasteiger partial charge in [0.25, 0.3) is 5.78 Å². The summed E-state index contributed by atoms with van der Waals surface area (Å²) in [5, 5.41) is 12.0. The van der Waals surface area contributed by atoms with Crippen molar-refractivity contribution in [3.8, 4) is 28.7 Å². The van der Waals surface area contributed by atoms with Crippen LogP contribution in [-0.4, -0.2) is 55.3 Å². The fourth-order valence-corrected chi connectivity index (χ4v) is 6.45. The molecule has 1 aromatic heterocycles. The van der Waals surface area contributed by atoms with Gasteiger partial charge in [0.2, 0.25) is 0 Å². The van der Waals surface area contributed by atoms with E-state index in [4.69, 9.17) is 28.7 Å². The molecule has 4 aromatic rings. The van der Waals surface area contributed by atoms with E-state index in [1.54, 1.807) is 55.6 Å². The van der Waals surface area contributed by atoms with Crippen LogP contribution in [0.3, 0.4) is 0 Å². The van der Waals surface area contributed by atoms with Gasteiger partial charge in [0.15, 0.2) is 28.1 Å². The van der Waals surface area contributed by atoms with Crippen molar-refractivity contribution in [2.75, 3.05) is 38.4 Å². The normalized spacial score (nSPS) is 17.1. The quantitative estimate of drug-likeness (QED) is 0.0839. The number of aliphatic hydroxyl groups is 1. The average molecular weight is 631 g/mol. The Morgan fingerprint density at radius 3 is 2.58 bits per heavy atom. The zero-order chi connectivity index (χ0) is 31.5. The van der Waals surface area contributed by atoms with Crippen molar-refractivity contribution in [3.63, 3.8) is 0 Å². The molecule has 0 spiro atoms. The summed E-state index contributed by atoms with van der Waals surface area (Å²) in [6.07, 6.45) is 3.02. The Labute approximate surface area is 264 Å². The number of aromatic nitrogens is 1. The molecule has 0 unspecified atom stereocenters. The fraction of sp³-hybridized carbons (Fsp3) is 0.324. The van der Waals surface area contributed by atoms with Gasteiger partial charge in [-0.1, -0.05) is 37.2 Å². The van der Waals surface area contributed by atoms with Gasteiger partial charge >= 0.3 is 5.91 Å². The summed E-state index contributed by atoms with van der Waals surface area (Å²) in [5.41, 5.74) is 1.44. The highest BCUT2D eigenvalue weighted by Gasteiger charge is 2.48. The third-order valence-electron chi connectivity index (χ3n) is 7.64. The number of rotatable bonds is 11. The topological polar surface area (TPSA) is 117 Å². The van der Waals surface area contributed by atoms with E-state index in [2.05, 4.69) is 6.92 Å². The highest BCUT2D eigenvalue weighted by Crippen LogP contribution is 2.47. The summed E-state index contributed by atoms with van der Waals surface area (Å²) >= 11 is 1.25. The molecule has 1 N–H and O–H groups in total. The number of anilines is 1. The first kappa shape index (κ1) is 30.3. The first-order valence-electron chi connectivity index (χ1n) is 15.0. The number of thiazole rings is 1. The smallest absolute Gasteiger partial charge is 0.301 e. The van der Waals surface area contributed by atoms with E-state index in [9.17, 15) is 14.7 Å². The van der Waals surface area contributed by atoms with Crippen molar-refractivity contribution in [1.82, 2.24) is 4.98 Å². The summed E-state index contributed by atoms with van der Waals surface area (Å²) in [6.45, 7) is 5.69. The number of unbranched alkanes of at least 4 members (excludes halogenated alkanes) is 2. The van der Waals surface area contributed by atoms with E-state index < -0.39 is 17.7 Å². The SMILES string of the molecule is CCCCCOc1ccc([C@H]2/C(=C(\O)c3ccc4c(c3)OCCO4)C(=O)C(=O)N2c2nc3ccc(OC)cc3s2)cc1OCC. The Hall–Kier alpha value is -4.77. The summed E-state index contributed by atoms with van der Waals surface area (Å²) in [7, 11) is 1.58. The molecule has 0 radical (unpaired) electrons. The molecule has 0 saturated carbocycles. The summed E-state index contributed by atoms with van der Waals surface area (Å²) in [4.78, 5) is 33.7. The number of carbonyl (C=O) groups is 2. The van der Waals surface area contributed by atoms with Crippen LogP contribution in [0.1, 0.15) is 50.3 Å². The third-order valence-corrected chi connectivity index (χ3v) is 8.66. The standard InChI is InChI=1S/C34H34N2O8S/c1-4-6-7-14-42-24-12-8-20(17-26(24)41-5-2)30-29(31(37)21-9-13-25-27(18-21)44-16-15-43-25)32(38)33(39)36(30)34-35-23-11-10-22(40-3)19-28(23)45-34/h8-13,17-19,30,37H,4-7,14-16H2,1-3H3/b31-29+/t30-/m0/s1. The lowest BCUT2D eigenvalue weighted by Crippen LogP contribution is -2.29. The van der Waals surface area contributed by atoms with Crippen LogP contribution in [0.4, 0.5) is 5.13 Å². The monoisotopic (exact) mass is 630 g/mol. The number of fused-ring (bicyclic) bond motifs is 2. The van der Waals surface area contributed by atoms with Gasteiger partial charge in [-0.05, 0) is 67.4 Å². The second-order valence-electron chi connectivity index (χ2n) is 10.6. The number of Topliss-reactive ketones (excluding diaryl/α,β-unsaturated/α-hetero) is 1. The molecule has 45 heavy (non-hydrogen) atoms. The summed E-state index contributed by atoms with van der Waals surface area (Å²) < 4.78 is 29.5. The number of methoxy groups -OCH3 is 1. The highest BCUT2D eigenvalue weighted by atomic mass is 32.1. The molecule has 1 fully saturated rings. The van der Waals surface area contributed by atoms with Gasteiger partial charge in [-0.15, -0.1) is 0 Å². The number of aliphatic hydroxyl groups excluding tert-OH is 1. The average Bonchev–Trinajstić information content (AvgIpc) is 3.60. The number of hydrogen-bond donors (Lipinski definition) is 1. The first-order valence-corrected chi connectivity index (χ1v) is 15.8. The maximum absolute atomic E-state index is 13.8. The number of amides is 1. The minimum absolute atomic E-state index is 0.0763. The molecule has 3 aromatic carbocycles. The van der Waals surface area contributed by atoms with Crippen molar-refractivity contribution in [2.45, 2.75) is 39.2 Å². The second kappa shape index (κ2) is 13.1. The van der Waals surface area contributed by atoms with Crippen LogP contribution in [0.2, 0.25) is 0 Å². The first-order chi connectivity index (χ1) is 21.9. The molecule has 3 heterocycles. The fourth-order valence-electron chi connectivity index (χ4n) is 5.43. The Morgan fingerprint density at radius 1 is 0.978 bits per heavy atom. The largest absolute Gasteiger partial charge is 0.507 e. The molecule has 1 amide bonds. The van der Waals surface area contributed by atoms with Gasteiger partial charge in [0.05, 0.1) is 42.2 Å². The van der Waals surface area contributed by atoms with Gasteiger partial charge < -0.3 is 28.8 Å². The van der Waals surface area contributed by atoms with Crippen molar-refractivity contribution in [3.05, 3.63) is 71.3 Å². The Morgan fingerprint density at radius 2 is 1.80 bits per heavy atom. The third kappa shape index (κ3) is 5.87. The molecule has 0 aliphatic carbocycles. The van der Waals surface area contributed by atoms with Crippen LogP contribution in [0.15, 0.2) is 60.2 Å². The molecule has 0 bridgehead atoms. The van der Waals surface area contributed by atoms with Gasteiger partial charge in [-0.2, -0.15) is 0 Å². The lowest BCUT2D eigenvalue weighted by molar-refractivity contribution is -0.132. The van der Waals surface area contributed by atoms with Crippen molar-refractivity contribution >= 4 is 44.1 Å². The molecule has 2 aliphatic heterocycles. The maximum atomic E-state index is 13.8. The molecule has 1 atom stereocenters. The number of nitrogens with zero attached hydrogens (tertiary/aromatic N) is 2.